The summed E-state index contributed by atoms with van der Waals surface area (Å²) in [6.07, 6.45) is -4.05. The highest BCUT2D eigenvalue weighted by Gasteiger charge is 2.35. The number of fused-ring (bicyclic) bond motifs is 1. The zero-order valence-corrected chi connectivity index (χ0v) is 18.7. The van der Waals surface area contributed by atoms with Gasteiger partial charge in [0.1, 0.15) is 16.7 Å². The Kier molecular flexibility index (Phi) is 6.24. The Morgan fingerprint density at radius 2 is 1.91 bits per heavy atom. The number of aryl methyl sites for hydroxylation is 1. The second-order valence-corrected chi connectivity index (χ2v) is 8.74. The highest BCUT2D eigenvalue weighted by atomic mass is 32.1. The van der Waals surface area contributed by atoms with Crippen molar-refractivity contribution >= 4 is 23.3 Å². The Morgan fingerprint density at radius 3 is 2.55 bits per heavy atom. The average molecular weight is 478 g/mol. The predicted octanol–water partition coefficient (Wildman–Crippen LogP) is 3.57. The molecule has 1 unspecified atom stereocenters. The minimum absolute atomic E-state index is 0.0736. The van der Waals surface area contributed by atoms with Crippen LogP contribution in [0.15, 0.2) is 41.2 Å². The first-order valence-corrected chi connectivity index (χ1v) is 11.1. The molecule has 0 N–H and O–H groups in total. The summed E-state index contributed by atoms with van der Waals surface area (Å²) < 4.78 is 45.1. The fraction of sp³-hybridized carbons (Fsp3) is 0.364. The van der Waals surface area contributed by atoms with Gasteiger partial charge in [0.05, 0.1) is 13.2 Å². The Labute approximate surface area is 191 Å². The summed E-state index contributed by atoms with van der Waals surface area (Å²) in [5.41, 5.74) is 1.35. The van der Waals surface area contributed by atoms with Crippen LogP contribution in [-0.4, -0.2) is 33.2 Å². The molecule has 1 atom stereocenters. The lowest BCUT2D eigenvalue weighted by molar-refractivity contribution is -0.145. The van der Waals surface area contributed by atoms with E-state index in [9.17, 15) is 22.8 Å². The molecular weight excluding hydrogens is 457 g/mol. The molecule has 33 heavy (non-hydrogen) atoms. The molecule has 1 aromatic carbocycles. The van der Waals surface area contributed by atoms with Gasteiger partial charge >= 0.3 is 17.8 Å². The maximum Gasteiger partial charge on any atom is 0.425 e. The molecule has 0 fully saturated rings. The van der Waals surface area contributed by atoms with E-state index in [0.717, 1.165) is 17.2 Å². The van der Waals surface area contributed by atoms with E-state index in [2.05, 4.69) is 9.97 Å². The number of thiophene rings is 1. The van der Waals surface area contributed by atoms with Gasteiger partial charge in [0.25, 0.3) is 0 Å². The van der Waals surface area contributed by atoms with E-state index in [0.29, 0.717) is 29.2 Å². The molecule has 1 aliphatic rings. The van der Waals surface area contributed by atoms with E-state index in [-0.39, 0.29) is 24.9 Å². The third kappa shape index (κ3) is 4.77. The number of anilines is 1. The van der Waals surface area contributed by atoms with Crippen molar-refractivity contribution in [2.24, 2.45) is 0 Å². The number of ether oxygens (including phenoxy) is 1. The van der Waals surface area contributed by atoms with E-state index in [1.54, 1.807) is 18.7 Å². The van der Waals surface area contributed by atoms with Crippen LogP contribution in [0.3, 0.4) is 0 Å². The largest absolute Gasteiger partial charge is 0.464 e. The average Bonchev–Trinajstić information content (AvgIpc) is 3.25. The molecule has 11 heteroatoms. The molecule has 4 rings (SSSR count). The van der Waals surface area contributed by atoms with Crippen LogP contribution in [0.25, 0.3) is 0 Å². The zero-order valence-electron chi connectivity index (χ0n) is 17.9. The number of hydrogen-bond acceptors (Lipinski definition) is 7. The fourth-order valence-electron chi connectivity index (χ4n) is 3.78. The molecule has 174 valence electrons. The summed E-state index contributed by atoms with van der Waals surface area (Å²) in [7, 11) is 0. The third-order valence-corrected chi connectivity index (χ3v) is 6.51. The molecule has 0 bridgehead atoms. The lowest BCUT2D eigenvalue weighted by Crippen LogP contribution is -2.48. The number of aromatic nitrogens is 3. The Balaban J connectivity index is 1.66. The van der Waals surface area contributed by atoms with E-state index in [1.807, 2.05) is 24.3 Å². The first-order chi connectivity index (χ1) is 15.7. The maximum atomic E-state index is 12.9. The quantitative estimate of drug-likeness (QED) is 0.522. The van der Waals surface area contributed by atoms with Gasteiger partial charge in [-0.05, 0) is 37.1 Å². The van der Waals surface area contributed by atoms with Crippen LogP contribution in [-0.2, 0) is 35.2 Å². The summed E-state index contributed by atoms with van der Waals surface area (Å²) in [5.74, 6) is -0.0624. The van der Waals surface area contributed by atoms with Gasteiger partial charge in [-0.15, -0.1) is 11.3 Å². The second kappa shape index (κ2) is 8.97. The first-order valence-electron chi connectivity index (χ1n) is 10.3. The van der Waals surface area contributed by atoms with Crippen LogP contribution in [0, 0.1) is 6.92 Å². The number of carbonyl (C=O) groups excluding carboxylic acids is 1. The van der Waals surface area contributed by atoms with Crippen molar-refractivity contribution in [3.63, 3.8) is 0 Å². The van der Waals surface area contributed by atoms with Crippen molar-refractivity contribution in [3.8, 4) is 0 Å². The Hall–Kier alpha value is -3.21. The van der Waals surface area contributed by atoms with Gasteiger partial charge in [0.15, 0.2) is 0 Å². The molecule has 2 aromatic heterocycles. The highest BCUT2D eigenvalue weighted by molar-refractivity contribution is 7.12. The minimum atomic E-state index is -4.43. The topological polar surface area (TPSA) is 77.3 Å². The van der Waals surface area contributed by atoms with E-state index in [4.69, 9.17) is 4.74 Å². The lowest BCUT2D eigenvalue weighted by atomic mass is 9.94. The zero-order chi connectivity index (χ0) is 23.8. The SMILES string of the molecule is CCOC(=O)C1Cc2ccccc2CN1c1nc(C)n(Cc2ccc(C(F)(F)F)s2)c(=O)n1. The van der Waals surface area contributed by atoms with Gasteiger partial charge in [-0.2, -0.15) is 23.1 Å². The molecular formula is C22H21F3N4O3S. The van der Waals surface area contributed by atoms with Crippen LogP contribution in [0.2, 0.25) is 0 Å². The van der Waals surface area contributed by atoms with E-state index >= 15 is 0 Å². The van der Waals surface area contributed by atoms with Crippen molar-refractivity contribution in [1.29, 1.82) is 0 Å². The molecule has 0 aliphatic carbocycles. The van der Waals surface area contributed by atoms with Gasteiger partial charge in [0.2, 0.25) is 5.95 Å². The van der Waals surface area contributed by atoms with Crippen molar-refractivity contribution in [2.45, 2.75) is 45.6 Å². The van der Waals surface area contributed by atoms with Gasteiger partial charge < -0.3 is 9.64 Å². The molecule has 0 saturated carbocycles. The van der Waals surface area contributed by atoms with Gasteiger partial charge in [-0.1, -0.05) is 24.3 Å². The van der Waals surface area contributed by atoms with Crippen LogP contribution in [0.5, 0.6) is 0 Å². The molecule has 1 aliphatic heterocycles. The van der Waals surface area contributed by atoms with E-state index in [1.165, 1.54) is 10.6 Å². The summed E-state index contributed by atoms with van der Waals surface area (Å²) in [5, 5.41) is 0. The number of nitrogens with zero attached hydrogens (tertiary/aromatic N) is 4. The molecule has 0 spiro atoms. The van der Waals surface area contributed by atoms with Crippen molar-refractivity contribution < 1.29 is 22.7 Å². The number of benzene rings is 1. The summed E-state index contributed by atoms with van der Waals surface area (Å²) in [6, 6.07) is 9.30. The number of esters is 1. The number of halogens is 3. The number of hydrogen-bond donors (Lipinski definition) is 0. The number of alkyl halides is 3. The second-order valence-electron chi connectivity index (χ2n) is 7.57. The van der Waals surface area contributed by atoms with Crippen LogP contribution >= 0.6 is 11.3 Å². The van der Waals surface area contributed by atoms with Crippen LogP contribution < -0.4 is 10.6 Å². The predicted molar refractivity (Wildman–Crippen MR) is 116 cm³/mol. The number of carbonyl (C=O) groups is 1. The van der Waals surface area contributed by atoms with Gasteiger partial charge in [0, 0.05) is 17.8 Å². The summed E-state index contributed by atoms with van der Waals surface area (Å²) >= 11 is 0.574. The molecule has 0 radical (unpaired) electrons. The normalized spacial score (nSPS) is 15.9. The summed E-state index contributed by atoms with van der Waals surface area (Å²) in [6.45, 7) is 3.77. The first kappa shape index (κ1) is 23.0. The molecule has 0 amide bonds. The number of rotatable bonds is 5. The maximum absolute atomic E-state index is 12.9. The fourth-order valence-corrected chi connectivity index (χ4v) is 4.64. The monoisotopic (exact) mass is 478 g/mol. The van der Waals surface area contributed by atoms with Gasteiger partial charge in [-0.25, -0.2) is 9.59 Å². The smallest absolute Gasteiger partial charge is 0.425 e. The van der Waals surface area contributed by atoms with Crippen LogP contribution in [0.1, 0.15) is 33.6 Å². The van der Waals surface area contributed by atoms with Gasteiger partial charge in [-0.3, -0.25) is 4.57 Å². The standard InChI is InChI=1S/C22H21F3N4O3S/c1-3-32-19(30)17-10-14-6-4-5-7-15(14)11-29(17)20-26-13(2)28(21(31)27-20)12-16-8-9-18(33-16)22(23,24)25/h4-9,17H,3,10-12H2,1-2H3. The lowest BCUT2D eigenvalue weighted by Gasteiger charge is -2.35. The Bertz CT molecular complexity index is 1240. The minimum Gasteiger partial charge on any atom is -0.464 e. The highest BCUT2D eigenvalue weighted by Crippen LogP contribution is 2.35. The summed E-state index contributed by atoms with van der Waals surface area (Å²) in [4.78, 5) is 35.2. The molecule has 0 saturated heterocycles. The Morgan fingerprint density at radius 1 is 1.18 bits per heavy atom. The molecule has 3 heterocycles. The molecule has 7 nitrogen and oxygen atoms in total. The van der Waals surface area contributed by atoms with E-state index < -0.39 is 28.8 Å². The molecule has 3 aromatic rings. The third-order valence-electron chi connectivity index (χ3n) is 5.40. The van der Waals surface area contributed by atoms with Crippen LogP contribution in [0.4, 0.5) is 19.1 Å². The van der Waals surface area contributed by atoms with Crippen molar-refractivity contribution in [2.75, 3.05) is 11.5 Å². The van der Waals surface area contributed by atoms with Crippen molar-refractivity contribution in [3.05, 3.63) is 73.6 Å². The van der Waals surface area contributed by atoms with Crippen molar-refractivity contribution in [1.82, 2.24) is 14.5 Å².